The molecule has 0 saturated carbocycles. The minimum atomic E-state index is -0.225. The van der Waals surface area contributed by atoms with Crippen LogP contribution >= 0.6 is 0 Å². The molecule has 0 saturated heterocycles. The first kappa shape index (κ1) is 15.2. The molecule has 0 heterocycles. The molecule has 0 aromatic heterocycles. The van der Waals surface area contributed by atoms with E-state index < -0.39 is 0 Å². The fourth-order valence-corrected chi connectivity index (χ4v) is 2.38. The van der Waals surface area contributed by atoms with Crippen molar-refractivity contribution in [2.75, 3.05) is 0 Å². The summed E-state index contributed by atoms with van der Waals surface area (Å²) in [5.74, 6) is 1.59. The molecule has 0 radical (unpaired) electrons. The van der Waals surface area contributed by atoms with Crippen LogP contribution in [0, 0.1) is 11.8 Å². The highest BCUT2D eigenvalue weighted by molar-refractivity contribution is 5.25. The van der Waals surface area contributed by atoms with E-state index in [2.05, 4.69) is 58.9 Å². The van der Waals surface area contributed by atoms with Gasteiger partial charge in [-0.05, 0) is 41.7 Å². The van der Waals surface area contributed by atoms with Crippen LogP contribution < -0.4 is 0 Å². The van der Waals surface area contributed by atoms with Crippen molar-refractivity contribution in [3.63, 3.8) is 0 Å². The van der Waals surface area contributed by atoms with Crippen LogP contribution in [0.1, 0.15) is 58.1 Å². The van der Waals surface area contributed by atoms with E-state index >= 15 is 0 Å². The molecular formula is C17H28O. The Morgan fingerprint density at radius 2 is 1.50 bits per heavy atom. The first-order valence-corrected chi connectivity index (χ1v) is 7.17. The van der Waals surface area contributed by atoms with E-state index in [0.717, 1.165) is 12.8 Å². The summed E-state index contributed by atoms with van der Waals surface area (Å²) in [6, 6.07) is 8.67. The van der Waals surface area contributed by atoms with Gasteiger partial charge in [0.1, 0.15) is 0 Å². The van der Waals surface area contributed by atoms with Crippen LogP contribution in [0.4, 0.5) is 0 Å². The summed E-state index contributed by atoms with van der Waals surface area (Å²) >= 11 is 0. The Hall–Kier alpha value is -0.820. The minimum Gasteiger partial charge on any atom is -0.393 e. The second-order valence-corrected chi connectivity index (χ2v) is 6.27. The normalized spacial score (nSPS) is 15.1. The van der Waals surface area contributed by atoms with Gasteiger partial charge in [-0.3, -0.25) is 0 Å². The minimum absolute atomic E-state index is 0.225. The van der Waals surface area contributed by atoms with E-state index in [0.29, 0.717) is 17.8 Å². The van der Waals surface area contributed by atoms with Crippen LogP contribution in [0.15, 0.2) is 24.3 Å². The van der Waals surface area contributed by atoms with Gasteiger partial charge in [-0.15, -0.1) is 0 Å². The van der Waals surface area contributed by atoms with E-state index in [1.54, 1.807) is 0 Å². The lowest BCUT2D eigenvalue weighted by atomic mass is 9.90. The lowest BCUT2D eigenvalue weighted by Crippen LogP contribution is -2.21. The van der Waals surface area contributed by atoms with Crippen molar-refractivity contribution in [1.82, 2.24) is 0 Å². The van der Waals surface area contributed by atoms with E-state index in [1.807, 2.05) is 0 Å². The largest absolute Gasteiger partial charge is 0.393 e. The predicted octanol–water partition coefficient (Wildman–Crippen LogP) is 4.40. The van der Waals surface area contributed by atoms with Crippen molar-refractivity contribution in [1.29, 1.82) is 0 Å². The van der Waals surface area contributed by atoms with Gasteiger partial charge in [-0.1, -0.05) is 58.9 Å². The van der Waals surface area contributed by atoms with Crippen LogP contribution in [-0.2, 0) is 6.42 Å². The molecule has 18 heavy (non-hydrogen) atoms. The summed E-state index contributed by atoms with van der Waals surface area (Å²) < 4.78 is 0. The lowest BCUT2D eigenvalue weighted by Gasteiger charge is -2.20. The van der Waals surface area contributed by atoms with Gasteiger partial charge in [0, 0.05) is 0 Å². The summed E-state index contributed by atoms with van der Waals surface area (Å²) in [4.78, 5) is 0. The molecule has 0 aliphatic rings. The first-order valence-electron chi connectivity index (χ1n) is 7.17. The van der Waals surface area contributed by atoms with Gasteiger partial charge >= 0.3 is 0 Å². The highest BCUT2D eigenvalue weighted by atomic mass is 16.3. The Balaban J connectivity index is 2.56. The zero-order valence-electron chi connectivity index (χ0n) is 12.5. The van der Waals surface area contributed by atoms with Crippen molar-refractivity contribution < 1.29 is 5.11 Å². The second-order valence-electron chi connectivity index (χ2n) is 6.27. The van der Waals surface area contributed by atoms with Gasteiger partial charge in [0.05, 0.1) is 6.10 Å². The van der Waals surface area contributed by atoms with E-state index in [-0.39, 0.29) is 6.10 Å². The molecule has 0 aliphatic heterocycles. The molecule has 0 spiro atoms. The van der Waals surface area contributed by atoms with Crippen molar-refractivity contribution in [3.05, 3.63) is 35.4 Å². The smallest absolute Gasteiger partial charge is 0.0606 e. The third kappa shape index (κ3) is 4.81. The van der Waals surface area contributed by atoms with Gasteiger partial charge in [0.2, 0.25) is 0 Å². The van der Waals surface area contributed by atoms with Crippen LogP contribution in [0.2, 0.25) is 0 Å². The number of aliphatic hydroxyl groups is 1. The van der Waals surface area contributed by atoms with Crippen molar-refractivity contribution in [2.45, 2.75) is 59.5 Å². The number of benzene rings is 1. The maximum absolute atomic E-state index is 10.2. The molecule has 0 amide bonds. The number of rotatable bonds is 6. The topological polar surface area (TPSA) is 20.2 Å². The molecular weight excluding hydrogens is 220 g/mol. The Labute approximate surface area is 112 Å². The summed E-state index contributed by atoms with van der Waals surface area (Å²) in [6.07, 6.45) is 1.63. The molecule has 1 aromatic carbocycles. The summed E-state index contributed by atoms with van der Waals surface area (Å²) in [5, 5.41) is 10.2. The Morgan fingerprint density at radius 1 is 0.944 bits per heavy atom. The molecule has 0 aliphatic carbocycles. The molecule has 1 nitrogen and oxygen atoms in total. The molecule has 1 N–H and O–H groups in total. The maximum Gasteiger partial charge on any atom is 0.0606 e. The lowest BCUT2D eigenvalue weighted by molar-refractivity contribution is 0.105. The average Bonchev–Trinajstić information content (AvgIpc) is 2.28. The zero-order valence-corrected chi connectivity index (χ0v) is 12.5. The molecule has 1 aromatic rings. The maximum atomic E-state index is 10.2. The van der Waals surface area contributed by atoms with E-state index in [4.69, 9.17) is 0 Å². The van der Waals surface area contributed by atoms with Crippen LogP contribution in [-0.4, -0.2) is 11.2 Å². The molecule has 1 rings (SSSR count). The van der Waals surface area contributed by atoms with Gasteiger partial charge in [0.15, 0.2) is 0 Å². The zero-order chi connectivity index (χ0) is 13.7. The van der Waals surface area contributed by atoms with Gasteiger partial charge < -0.3 is 5.11 Å². The van der Waals surface area contributed by atoms with Crippen LogP contribution in [0.5, 0.6) is 0 Å². The van der Waals surface area contributed by atoms with Crippen molar-refractivity contribution in [3.8, 4) is 0 Å². The molecule has 2 atom stereocenters. The standard InChI is InChI=1S/C17H28O/c1-12(2)10-14(5)17(18)11-15-6-8-16(9-7-15)13(3)4/h6-9,12-14,17-18H,10-11H2,1-5H3. The number of hydrogen-bond acceptors (Lipinski definition) is 1. The SMILES string of the molecule is CC(C)CC(C)C(O)Cc1ccc(C(C)C)cc1. The number of aliphatic hydroxyl groups excluding tert-OH is 1. The number of hydrogen-bond donors (Lipinski definition) is 1. The van der Waals surface area contributed by atoms with Crippen molar-refractivity contribution >= 4 is 0 Å². The summed E-state index contributed by atoms with van der Waals surface area (Å²) in [6.45, 7) is 11.0. The van der Waals surface area contributed by atoms with Crippen LogP contribution in [0.25, 0.3) is 0 Å². The fraction of sp³-hybridized carbons (Fsp3) is 0.647. The molecule has 1 heteroatoms. The third-order valence-electron chi connectivity index (χ3n) is 3.59. The Morgan fingerprint density at radius 3 is 1.94 bits per heavy atom. The van der Waals surface area contributed by atoms with E-state index in [9.17, 15) is 5.11 Å². The monoisotopic (exact) mass is 248 g/mol. The van der Waals surface area contributed by atoms with Crippen molar-refractivity contribution in [2.24, 2.45) is 11.8 Å². The molecule has 0 fully saturated rings. The summed E-state index contributed by atoms with van der Waals surface area (Å²) in [5.41, 5.74) is 2.60. The molecule has 2 unspecified atom stereocenters. The Bertz CT molecular complexity index is 337. The first-order chi connectivity index (χ1) is 8.40. The van der Waals surface area contributed by atoms with E-state index in [1.165, 1.54) is 11.1 Å². The second kappa shape index (κ2) is 6.94. The highest BCUT2D eigenvalue weighted by Gasteiger charge is 2.16. The predicted molar refractivity (Wildman–Crippen MR) is 78.9 cm³/mol. The van der Waals surface area contributed by atoms with Gasteiger partial charge in [-0.2, -0.15) is 0 Å². The average molecular weight is 248 g/mol. The quantitative estimate of drug-likeness (QED) is 0.791. The van der Waals surface area contributed by atoms with Gasteiger partial charge in [-0.25, -0.2) is 0 Å². The fourth-order valence-electron chi connectivity index (χ4n) is 2.38. The third-order valence-corrected chi connectivity index (χ3v) is 3.59. The van der Waals surface area contributed by atoms with Crippen LogP contribution in [0.3, 0.4) is 0 Å². The molecule has 102 valence electrons. The Kier molecular flexibility index (Phi) is 5.87. The highest BCUT2D eigenvalue weighted by Crippen LogP contribution is 2.20. The van der Waals surface area contributed by atoms with Gasteiger partial charge in [0.25, 0.3) is 0 Å². The summed E-state index contributed by atoms with van der Waals surface area (Å²) in [7, 11) is 0. The molecule has 0 bridgehead atoms.